The number of carboxylic acid groups (broad SMARTS) is 1. The number of nitrogens with one attached hydrogen (secondary N) is 1. The predicted octanol–water partition coefficient (Wildman–Crippen LogP) is 2.18. The van der Waals surface area contributed by atoms with Crippen molar-refractivity contribution in [1.29, 1.82) is 0 Å². The van der Waals surface area contributed by atoms with Gasteiger partial charge in [-0.2, -0.15) is 0 Å². The zero-order valence-corrected chi connectivity index (χ0v) is 11.6. The van der Waals surface area contributed by atoms with Crippen molar-refractivity contribution in [1.82, 2.24) is 4.98 Å². The molecule has 0 aliphatic carbocycles. The number of H-pyrrole nitrogens is 1. The molecule has 2 aromatic rings. The SMILES string of the molecule is COC(=O)c1ccc(Cl)c(-c2cc(C(=O)O)c[nH]c2=O)c1. The van der Waals surface area contributed by atoms with Crippen LogP contribution in [-0.4, -0.2) is 29.1 Å². The van der Waals surface area contributed by atoms with Gasteiger partial charge in [0.15, 0.2) is 0 Å². The lowest BCUT2D eigenvalue weighted by Crippen LogP contribution is -2.12. The summed E-state index contributed by atoms with van der Waals surface area (Å²) >= 11 is 6.03. The number of rotatable bonds is 3. The first-order chi connectivity index (χ1) is 9.93. The second-order valence-electron chi connectivity index (χ2n) is 4.12. The van der Waals surface area contributed by atoms with Crippen molar-refractivity contribution in [2.45, 2.75) is 0 Å². The molecule has 21 heavy (non-hydrogen) atoms. The second-order valence-corrected chi connectivity index (χ2v) is 4.53. The first-order valence-corrected chi connectivity index (χ1v) is 6.16. The summed E-state index contributed by atoms with van der Waals surface area (Å²) < 4.78 is 4.60. The number of pyridine rings is 1. The zero-order chi connectivity index (χ0) is 15.6. The summed E-state index contributed by atoms with van der Waals surface area (Å²) in [5, 5.41) is 9.19. The van der Waals surface area contributed by atoms with Crippen molar-refractivity contribution < 1.29 is 19.4 Å². The molecule has 0 saturated carbocycles. The fraction of sp³-hybridized carbons (Fsp3) is 0.0714. The lowest BCUT2D eigenvalue weighted by Gasteiger charge is -2.07. The van der Waals surface area contributed by atoms with Crippen LogP contribution in [0.25, 0.3) is 11.1 Å². The molecule has 0 fully saturated rings. The number of benzene rings is 1. The summed E-state index contributed by atoms with van der Waals surface area (Å²) in [6.45, 7) is 0. The topological polar surface area (TPSA) is 96.5 Å². The number of hydrogen-bond acceptors (Lipinski definition) is 4. The van der Waals surface area contributed by atoms with Gasteiger partial charge in [-0.15, -0.1) is 0 Å². The van der Waals surface area contributed by atoms with Gasteiger partial charge in [-0.05, 0) is 24.3 Å². The van der Waals surface area contributed by atoms with E-state index in [-0.39, 0.29) is 27.3 Å². The van der Waals surface area contributed by atoms with E-state index in [0.29, 0.717) is 0 Å². The number of carbonyl (C=O) groups is 2. The molecular formula is C14H10ClNO5. The molecule has 0 unspecified atom stereocenters. The van der Waals surface area contributed by atoms with Crippen LogP contribution in [0.3, 0.4) is 0 Å². The normalized spacial score (nSPS) is 10.2. The van der Waals surface area contributed by atoms with Crippen LogP contribution in [0, 0.1) is 0 Å². The van der Waals surface area contributed by atoms with Crippen LogP contribution in [0.2, 0.25) is 5.02 Å². The van der Waals surface area contributed by atoms with Crippen LogP contribution in [0.1, 0.15) is 20.7 Å². The third kappa shape index (κ3) is 2.95. The molecule has 7 heteroatoms. The number of methoxy groups -OCH3 is 1. The molecule has 1 heterocycles. The Labute approximate surface area is 123 Å². The van der Waals surface area contributed by atoms with E-state index in [1.165, 1.54) is 31.4 Å². The van der Waals surface area contributed by atoms with Crippen LogP contribution in [0.4, 0.5) is 0 Å². The number of hydrogen-bond donors (Lipinski definition) is 2. The number of carboxylic acids is 1. The van der Waals surface area contributed by atoms with Gasteiger partial charge in [0.25, 0.3) is 5.56 Å². The lowest BCUT2D eigenvalue weighted by molar-refractivity contribution is 0.0600. The van der Waals surface area contributed by atoms with E-state index in [1.54, 1.807) is 0 Å². The summed E-state index contributed by atoms with van der Waals surface area (Å²) in [6, 6.07) is 5.47. The zero-order valence-electron chi connectivity index (χ0n) is 10.8. The molecule has 0 atom stereocenters. The van der Waals surface area contributed by atoms with Crippen molar-refractivity contribution in [2.75, 3.05) is 7.11 Å². The van der Waals surface area contributed by atoms with Crippen molar-refractivity contribution in [2.24, 2.45) is 0 Å². The minimum atomic E-state index is -1.19. The molecule has 6 nitrogen and oxygen atoms in total. The highest BCUT2D eigenvalue weighted by Gasteiger charge is 2.15. The number of aromatic amines is 1. The largest absolute Gasteiger partial charge is 0.478 e. The number of aromatic nitrogens is 1. The Bertz CT molecular complexity index is 781. The smallest absolute Gasteiger partial charge is 0.337 e. The van der Waals surface area contributed by atoms with Crippen LogP contribution in [-0.2, 0) is 4.74 Å². The van der Waals surface area contributed by atoms with Gasteiger partial charge in [0.05, 0.1) is 18.2 Å². The van der Waals surface area contributed by atoms with Crippen molar-refractivity contribution >= 4 is 23.5 Å². The Morgan fingerprint density at radius 1 is 1.19 bits per heavy atom. The van der Waals surface area contributed by atoms with Gasteiger partial charge >= 0.3 is 11.9 Å². The third-order valence-corrected chi connectivity index (χ3v) is 3.16. The standard InChI is InChI=1S/C14H10ClNO5/c1-21-14(20)7-2-3-11(15)9(4-7)10-5-8(13(18)19)6-16-12(10)17/h2-6H,1H3,(H,16,17)(H,18,19). The average molecular weight is 308 g/mol. The fourth-order valence-corrected chi connectivity index (χ4v) is 2.00. The second kappa shape index (κ2) is 5.80. The predicted molar refractivity (Wildman–Crippen MR) is 75.8 cm³/mol. The van der Waals surface area contributed by atoms with Crippen molar-refractivity contribution in [3.05, 3.63) is 57.0 Å². The van der Waals surface area contributed by atoms with E-state index in [2.05, 4.69) is 9.72 Å². The molecule has 0 aliphatic rings. The number of ether oxygens (including phenoxy) is 1. The minimum absolute atomic E-state index is 0.0608. The quantitative estimate of drug-likeness (QED) is 0.847. The molecule has 0 amide bonds. The Balaban J connectivity index is 2.66. The highest BCUT2D eigenvalue weighted by Crippen LogP contribution is 2.27. The molecule has 1 aromatic heterocycles. The maximum absolute atomic E-state index is 11.9. The number of aromatic carboxylic acids is 1. The summed E-state index contributed by atoms with van der Waals surface area (Å²) in [7, 11) is 1.23. The summed E-state index contributed by atoms with van der Waals surface area (Å²) in [4.78, 5) is 36.7. The molecule has 0 radical (unpaired) electrons. The fourth-order valence-electron chi connectivity index (χ4n) is 1.78. The first-order valence-electron chi connectivity index (χ1n) is 5.78. The maximum atomic E-state index is 11.9. The van der Waals surface area contributed by atoms with Gasteiger partial charge in [0, 0.05) is 22.3 Å². The Morgan fingerprint density at radius 2 is 1.86 bits per heavy atom. The van der Waals surface area contributed by atoms with E-state index in [0.717, 1.165) is 6.20 Å². The minimum Gasteiger partial charge on any atom is -0.478 e. The summed E-state index contributed by atoms with van der Waals surface area (Å²) in [5.41, 5.74) is -0.0837. The average Bonchev–Trinajstić information content (AvgIpc) is 2.47. The van der Waals surface area contributed by atoms with Gasteiger partial charge in [-0.25, -0.2) is 9.59 Å². The number of halogens is 1. The van der Waals surface area contributed by atoms with Gasteiger partial charge in [-0.3, -0.25) is 4.79 Å². The summed E-state index contributed by atoms with van der Waals surface area (Å²) in [5.74, 6) is -1.77. The maximum Gasteiger partial charge on any atom is 0.337 e. The Morgan fingerprint density at radius 3 is 2.48 bits per heavy atom. The summed E-state index contributed by atoms with van der Waals surface area (Å²) in [6.07, 6.45) is 1.09. The lowest BCUT2D eigenvalue weighted by atomic mass is 10.0. The highest BCUT2D eigenvalue weighted by atomic mass is 35.5. The van der Waals surface area contributed by atoms with Gasteiger partial charge in [0.2, 0.25) is 0 Å². The van der Waals surface area contributed by atoms with Crippen molar-refractivity contribution in [3.63, 3.8) is 0 Å². The molecule has 108 valence electrons. The molecular weight excluding hydrogens is 298 g/mol. The van der Waals surface area contributed by atoms with Crippen LogP contribution < -0.4 is 5.56 Å². The number of carbonyl (C=O) groups excluding carboxylic acids is 1. The first kappa shape index (κ1) is 14.8. The van der Waals surface area contributed by atoms with E-state index in [9.17, 15) is 14.4 Å². The molecule has 1 aromatic carbocycles. The van der Waals surface area contributed by atoms with Crippen molar-refractivity contribution in [3.8, 4) is 11.1 Å². The van der Waals surface area contributed by atoms with Gasteiger partial charge < -0.3 is 14.8 Å². The molecule has 0 aliphatic heterocycles. The molecule has 2 rings (SSSR count). The Hall–Kier alpha value is -2.60. The van der Waals surface area contributed by atoms with Gasteiger partial charge in [0.1, 0.15) is 0 Å². The highest BCUT2D eigenvalue weighted by molar-refractivity contribution is 6.33. The monoisotopic (exact) mass is 307 g/mol. The van der Waals surface area contributed by atoms with Crippen LogP contribution >= 0.6 is 11.6 Å². The van der Waals surface area contributed by atoms with E-state index in [4.69, 9.17) is 16.7 Å². The Kier molecular flexibility index (Phi) is 4.09. The molecule has 2 N–H and O–H groups in total. The van der Waals surface area contributed by atoms with E-state index < -0.39 is 17.5 Å². The molecule has 0 bridgehead atoms. The number of esters is 1. The van der Waals surface area contributed by atoms with E-state index >= 15 is 0 Å². The third-order valence-electron chi connectivity index (χ3n) is 2.83. The molecule has 0 saturated heterocycles. The van der Waals surface area contributed by atoms with Crippen LogP contribution in [0.15, 0.2) is 35.3 Å². The van der Waals surface area contributed by atoms with Gasteiger partial charge in [-0.1, -0.05) is 11.6 Å². The molecule has 0 spiro atoms. The van der Waals surface area contributed by atoms with Crippen LogP contribution in [0.5, 0.6) is 0 Å². The van der Waals surface area contributed by atoms with E-state index in [1.807, 2.05) is 0 Å².